The number of nitriles is 1. The maximum absolute atomic E-state index is 12.2. The van der Waals surface area contributed by atoms with Gasteiger partial charge in [-0.3, -0.25) is 10.2 Å². The second-order valence-corrected chi connectivity index (χ2v) is 3.12. The molecule has 0 unspecified atom stereocenters. The molecule has 0 aliphatic rings. The highest BCUT2D eigenvalue weighted by atomic mass is 19.4. The van der Waals surface area contributed by atoms with E-state index < -0.39 is 23.4 Å². The summed E-state index contributed by atoms with van der Waals surface area (Å²) in [6.45, 7) is 0. The summed E-state index contributed by atoms with van der Waals surface area (Å²) in [5, 5.41) is 11.8. The Morgan fingerprint density at radius 1 is 1.33 bits per heavy atom. The van der Waals surface area contributed by atoms with Crippen molar-refractivity contribution in [2.75, 3.05) is 5.43 Å². The first-order valence-electron chi connectivity index (χ1n) is 4.55. The standard InChI is InChI=1S/C10H7F3N4O/c11-10(12,13)6-1-3-7(4-2-6)16-17-8(5-14)9(15)18/h1-4,16H,(H2,15,18). The van der Waals surface area contributed by atoms with Gasteiger partial charge in [0, 0.05) is 0 Å². The van der Waals surface area contributed by atoms with Crippen LogP contribution in [-0.4, -0.2) is 11.6 Å². The largest absolute Gasteiger partial charge is 0.416 e. The van der Waals surface area contributed by atoms with Crippen LogP contribution in [-0.2, 0) is 11.0 Å². The number of carbonyl (C=O) groups excluding carboxylic acids is 1. The van der Waals surface area contributed by atoms with Crippen molar-refractivity contribution in [1.82, 2.24) is 0 Å². The molecule has 0 heterocycles. The Balaban J connectivity index is 2.83. The molecule has 0 radical (unpaired) electrons. The maximum atomic E-state index is 12.2. The molecule has 0 saturated heterocycles. The van der Waals surface area contributed by atoms with E-state index in [2.05, 4.69) is 10.5 Å². The van der Waals surface area contributed by atoms with Gasteiger partial charge in [-0.05, 0) is 24.3 Å². The Bertz CT molecular complexity index is 513. The topological polar surface area (TPSA) is 91.3 Å². The second kappa shape index (κ2) is 5.18. The predicted molar refractivity (Wildman–Crippen MR) is 57.3 cm³/mol. The normalized spacial score (nSPS) is 11.8. The van der Waals surface area contributed by atoms with Crippen molar-refractivity contribution in [3.63, 3.8) is 0 Å². The third-order valence-electron chi connectivity index (χ3n) is 1.85. The van der Waals surface area contributed by atoms with Gasteiger partial charge >= 0.3 is 6.18 Å². The summed E-state index contributed by atoms with van der Waals surface area (Å²) in [4.78, 5) is 10.6. The minimum absolute atomic E-state index is 0.192. The van der Waals surface area contributed by atoms with E-state index in [1.54, 1.807) is 0 Å². The van der Waals surface area contributed by atoms with Gasteiger partial charge in [0.2, 0.25) is 5.71 Å². The Morgan fingerprint density at radius 3 is 2.28 bits per heavy atom. The summed E-state index contributed by atoms with van der Waals surface area (Å²) in [6, 6.07) is 5.35. The molecule has 1 rings (SSSR count). The number of hydrogen-bond donors (Lipinski definition) is 2. The number of nitrogens with one attached hydrogen (secondary N) is 1. The van der Waals surface area contributed by atoms with Crippen molar-refractivity contribution in [3.8, 4) is 6.07 Å². The third-order valence-corrected chi connectivity index (χ3v) is 1.85. The van der Waals surface area contributed by atoms with Crippen molar-refractivity contribution >= 4 is 17.3 Å². The van der Waals surface area contributed by atoms with E-state index in [1.165, 1.54) is 6.07 Å². The molecule has 18 heavy (non-hydrogen) atoms. The molecule has 5 nitrogen and oxygen atoms in total. The average Bonchev–Trinajstić information content (AvgIpc) is 2.29. The number of hydrogen-bond acceptors (Lipinski definition) is 4. The Morgan fingerprint density at radius 2 is 1.89 bits per heavy atom. The SMILES string of the molecule is N#CC(=NNc1ccc(C(F)(F)F)cc1)C(N)=O. The van der Waals surface area contributed by atoms with Crippen LogP contribution in [0.15, 0.2) is 29.4 Å². The van der Waals surface area contributed by atoms with Crippen LogP contribution in [0.2, 0.25) is 0 Å². The van der Waals surface area contributed by atoms with E-state index in [9.17, 15) is 18.0 Å². The van der Waals surface area contributed by atoms with Gasteiger partial charge in [-0.2, -0.15) is 23.5 Å². The molecule has 3 N–H and O–H groups in total. The quantitative estimate of drug-likeness (QED) is 0.633. The molecule has 1 aromatic rings. The van der Waals surface area contributed by atoms with E-state index in [4.69, 9.17) is 11.0 Å². The molecule has 0 aliphatic heterocycles. The van der Waals surface area contributed by atoms with Gasteiger partial charge in [-0.25, -0.2) is 0 Å². The summed E-state index contributed by atoms with van der Waals surface area (Å²) in [7, 11) is 0. The highest BCUT2D eigenvalue weighted by molar-refractivity contribution is 6.44. The minimum Gasteiger partial charge on any atom is -0.364 e. The fourth-order valence-electron chi connectivity index (χ4n) is 0.989. The monoisotopic (exact) mass is 256 g/mol. The van der Waals surface area contributed by atoms with Gasteiger partial charge in [0.1, 0.15) is 6.07 Å². The van der Waals surface area contributed by atoms with Crippen LogP contribution in [0.3, 0.4) is 0 Å². The van der Waals surface area contributed by atoms with E-state index in [1.807, 2.05) is 0 Å². The zero-order valence-electron chi connectivity index (χ0n) is 8.82. The molecule has 0 aliphatic carbocycles. The second-order valence-electron chi connectivity index (χ2n) is 3.12. The number of rotatable bonds is 3. The van der Waals surface area contributed by atoms with Gasteiger partial charge in [0.25, 0.3) is 5.91 Å². The number of halogens is 3. The first-order chi connectivity index (χ1) is 8.34. The summed E-state index contributed by atoms with van der Waals surface area (Å²) < 4.78 is 36.7. The lowest BCUT2D eigenvalue weighted by atomic mass is 10.2. The van der Waals surface area contributed by atoms with Crippen molar-refractivity contribution in [2.45, 2.75) is 6.18 Å². The van der Waals surface area contributed by atoms with Gasteiger partial charge in [0.05, 0.1) is 11.3 Å². The maximum Gasteiger partial charge on any atom is 0.416 e. The van der Waals surface area contributed by atoms with Gasteiger partial charge in [0.15, 0.2) is 0 Å². The molecule has 1 amide bonds. The number of anilines is 1. The Kier molecular flexibility index (Phi) is 3.89. The minimum atomic E-state index is -4.42. The summed E-state index contributed by atoms with van der Waals surface area (Å²) in [5.74, 6) is -1.03. The van der Waals surface area contributed by atoms with Crippen LogP contribution in [0.25, 0.3) is 0 Å². The number of primary amides is 1. The predicted octanol–water partition coefficient (Wildman–Crippen LogP) is 1.48. The Labute approximate surface area is 99.7 Å². The first kappa shape index (κ1) is 13.5. The smallest absolute Gasteiger partial charge is 0.364 e. The number of hydrazone groups is 1. The molecule has 0 spiro atoms. The third kappa shape index (κ3) is 3.48. The average molecular weight is 256 g/mol. The molecular weight excluding hydrogens is 249 g/mol. The van der Waals surface area contributed by atoms with Crippen LogP contribution in [0, 0.1) is 11.3 Å². The molecule has 8 heteroatoms. The van der Waals surface area contributed by atoms with E-state index in [0.717, 1.165) is 24.3 Å². The summed E-state index contributed by atoms with van der Waals surface area (Å²) in [6.07, 6.45) is -4.42. The van der Waals surface area contributed by atoms with Crippen molar-refractivity contribution in [2.24, 2.45) is 10.8 Å². The van der Waals surface area contributed by atoms with Crippen molar-refractivity contribution < 1.29 is 18.0 Å². The molecule has 0 atom stereocenters. The molecule has 0 saturated carbocycles. The molecular formula is C10H7F3N4O. The molecule has 0 bridgehead atoms. The summed E-state index contributed by atoms with van der Waals surface area (Å²) in [5.41, 5.74) is 5.87. The zero-order valence-corrected chi connectivity index (χ0v) is 8.82. The zero-order chi connectivity index (χ0) is 13.8. The van der Waals surface area contributed by atoms with Gasteiger partial charge < -0.3 is 5.73 Å². The Hall–Kier alpha value is -2.56. The fraction of sp³-hybridized carbons (Fsp3) is 0.100. The number of amides is 1. The van der Waals surface area contributed by atoms with Crippen molar-refractivity contribution in [3.05, 3.63) is 29.8 Å². The number of nitrogens with two attached hydrogens (primary N) is 1. The number of nitrogens with zero attached hydrogens (tertiary/aromatic N) is 2. The number of benzene rings is 1. The van der Waals surface area contributed by atoms with Gasteiger partial charge in [-0.1, -0.05) is 0 Å². The van der Waals surface area contributed by atoms with Crippen LogP contribution in [0.5, 0.6) is 0 Å². The fourth-order valence-corrected chi connectivity index (χ4v) is 0.989. The lowest BCUT2D eigenvalue weighted by Crippen LogP contribution is -2.22. The lowest BCUT2D eigenvalue weighted by Gasteiger charge is -2.07. The molecule has 0 fully saturated rings. The van der Waals surface area contributed by atoms with Gasteiger partial charge in [-0.15, -0.1) is 0 Å². The van der Waals surface area contributed by atoms with Crippen molar-refractivity contribution in [1.29, 1.82) is 5.26 Å². The molecule has 1 aromatic carbocycles. The van der Waals surface area contributed by atoms with Crippen LogP contribution in [0.4, 0.5) is 18.9 Å². The van der Waals surface area contributed by atoms with E-state index in [-0.39, 0.29) is 5.69 Å². The summed E-state index contributed by atoms with van der Waals surface area (Å²) >= 11 is 0. The van der Waals surface area contributed by atoms with E-state index >= 15 is 0 Å². The highest BCUT2D eigenvalue weighted by Gasteiger charge is 2.29. The molecule has 0 aromatic heterocycles. The molecule has 94 valence electrons. The van der Waals surface area contributed by atoms with E-state index in [0.29, 0.717) is 0 Å². The lowest BCUT2D eigenvalue weighted by molar-refractivity contribution is -0.137. The van der Waals surface area contributed by atoms with Crippen LogP contribution >= 0.6 is 0 Å². The van der Waals surface area contributed by atoms with Crippen LogP contribution in [0.1, 0.15) is 5.56 Å². The first-order valence-corrected chi connectivity index (χ1v) is 4.55. The number of carbonyl (C=O) groups is 1. The highest BCUT2D eigenvalue weighted by Crippen LogP contribution is 2.29. The van der Waals surface area contributed by atoms with Crippen LogP contribution < -0.4 is 11.2 Å². The number of alkyl halides is 3.